The number of aryl methyl sites for hydroxylation is 1. The average Bonchev–Trinajstić information content (AvgIpc) is 2.70. The van der Waals surface area contributed by atoms with Crippen LogP contribution in [0.1, 0.15) is 5.56 Å². The Labute approximate surface area is 82.2 Å². The molecule has 1 aromatic heterocycles. The molecular weight excluding hydrogens is 178 g/mol. The molecule has 0 saturated heterocycles. The van der Waals surface area contributed by atoms with Gasteiger partial charge in [-0.15, -0.1) is 0 Å². The summed E-state index contributed by atoms with van der Waals surface area (Å²) in [6.07, 6.45) is 3.15. The molecule has 4 nitrogen and oxygen atoms in total. The molecule has 4 heteroatoms. The first-order chi connectivity index (χ1) is 6.81. The van der Waals surface area contributed by atoms with Gasteiger partial charge in [0.05, 0.1) is 7.11 Å². The van der Waals surface area contributed by atoms with Crippen LogP contribution in [-0.2, 0) is 0 Å². The Morgan fingerprint density at radius 3 is 2.86 bits per heavy atom. The summed E-state index contributed by atoms with van der Waals surface area (Å²) in [5, 5.41) is 4.05. The molecule has 0 spiro atoms. The van der Waals surface area contributed by atoms with Crippen molar-refractivity contribution in [1.29, 1.82) is 0 Å². The summed E-state index contributed by atoms with van der Waals surface area (Å²) < 4.78 is 6.94. The molecule has 0 unspecified atom stereocenters. The first-order valence-electron chi connectivity index (χ1n) is 4.31. The van der Waals surface area contributed by atoms with E-state index in [2.05, 4.69) is 10.1 Å². The second kappa shape index (κ2) is 3.49. The maximum absolute atomic E-state index is 5.26. The number of aromatic nitrogens is 3. The van der Waals surface area contributed by atoms with E-state index < -0.39 is 0 Å². The van der Waals surface area contributed by atoms with Crippen LogP contribution < -0.4 is 4.74 Å². The van der Waals surface area contributed by atoms with Crippen molar-refractivity contribution in [3.05, 3.63) is 36.4 Å². The zero-order chi connectivity index (χ0) is 9.97. The molecule has 0 bridgehead atoms. The van der Waals surface area contributed by atoms with Crippen molar-refractivity contribution in [2.75, 3.05) is 7.11 Å². The van der Waals surface area contributed by atoms with E-state index in [1.165, 1.54) is 6.33 Å². The van der Waals surface area contributed by atoms with Gasteiger partial charge in [0, 0.05) is 0 Å². The van der Waals surface area contributed by atoms with Gasteiger partial charge < -0.3 is 4.74 Å². The van der Waals surface area contributed by atoms with Gasteiger partial charge in [-0.3, -0.25) is 0 Å². The smallest absolute Gasteiger partial charge is 0.144 e. The summed E-state index contributed by atoms with van der Waals surface area (Å²) in [5.41, 5.74) is 2.06. The fourth-order valence-electron chi connectivity index (χ4n) is 1.31. The number of nitrogens with zero attached hydrogens (tertiary/aromatic N) is 3. The topological polar surface area (TPSA) is 39.9 Å². The van der Waals surface area contributed by atoms with Crippen LogP contribution in [-0.4, -0.2) is 21.9 Å². The Morgan fingerprint density at radius 2 is 2.21 bits per heavy atom. The van der Waals surface area contributed by atoms with E-state index in [1.807, 2.05) is 25.1 Å². The number of rotatable bonds is 2. The minimum Gasteiger partial charge on any atom is -0.494 e. The van der Waals surface area contributed by atoms with Crippen LogP contribution in [0.2, 0.25) is 0 Å². The quantitative estimate of drug-likeness (QED) is 0.720. The third-order valence-electron chi connectivity index (χ3n) is 2.00. The summed E-state index contributed by atoms with van der Waals surface area (Å²) in [7, 11) is 1.65. The molecule has 0 radical (unpaired) electrons. The van der Waals surface area contributed by atoms with E-state index in [0.29, 0.717) is 0 Å². The maximum atomic E-state index is 5.26. The van der Waals surface area contributed by atoms with Crippen molar-refractivity contribution < 1.29 is 4.74 Å². The largest absolute Gasteiger partial charge is 0.494 e. The molecule has 2 aromatic rings. The number of benzene rings is 1. The molecule has 14 heavy (non-hydrogen) atoms. The Balaban J connectivity index is 2.53. The molecule has 0 saturated carbocycles. The standard InChI is InChI=1S/C10H11N3O/c1-8-3-4-9(10(5-8)14-2)13-7-11-6-12-13/h3-7H,1-2H3. The summed E-state index contributed by atoms with van der Waals surface area (Å²) in [6.45, 7) is 2.02. The molecule has 0 aliphatic carbocycles. The van der Waals surface area contributed by atoms with E-state index >= 15 is 0 Å². The van der Waals surface area contributed by atoms with Gasteiger partial charge in [-0.05, 0) is 24.6 Å². The van der Waals surface area contributed by atoms with Gasteiger partial charge in [0.25, 0.3) is 0 Å². The van der Waals surface area contributed by atoms with Crippen LogP contribution in [0.5, 0.6) is 5.75 Å². The number of ether oxygens (including phenoxy) is 1. The van der Waals surface area contributed by atoms with Gasteiger partial charge in [0.1, 0.15) is 24.1 Å². The van der Waals surface area contributed by atoms with Crippen molar-refractivity contribution in [1.82, 2.24) is 14.8 Å². The number of methoxy groups -OCH3 is 1. The van der Waals surface area contributed by atoms with Crippen LogP contribution in [0.3, 0.4) is 0 Å². The van der Waals surface area contributed by atoms with Crippen molar-refractivity contribution in [2.45, 2.75) is 6.92 Å². The van der Waals surface area contributed by atoms with E-state index in [9.17, 15) is 0 Å². The molecule has 1 aromatic carbocycles. The first-order valence-corrected chi connectivity index (χ1v) is 4.31. The molecule has 72 valence electrons. The van der Waals surface area contributed by atoms with Crippen LogP contribution in [0, 0.1) is 6.92 Å². The molecule has 0 aliphatic heterocycles. The lowest BCUT2D eigenvalue weighted by molar-refractivity contribution is 0.411. The minimum absolute atomic E-state index is 0.801. The third-order valence-corrected chi connectivity index (χ3v) is 2.00. The van der Waals surface area contributed by atoms with Crippen molar-refractivity contribution >= 4 is 0 Å². The van der Waals surface area contributed by atoms with Crippen LogP contribution in [0.4, 0.5) is 0 Å². The monoisotopic (exact) mass is 189 g/mol. The SMILES string of the molecule is COc1cc(C)ccc1-n1cncn1. The van der Waals surface area contributed by atoms with E-state index in [0.717, 1.165) is 17.0 Å². The predicted octanol–water partition coefficient (Wildman–Crippen LogP) is 1.58. The molecule has 2 rings (SSSR count). The van der Waals surface area contributed by atoms with Crippen LogP contribution in [0.15, 0.2) is 30.9 Å². The molecule has 0 fully saturated rings. The first kappa shape index (κ1) is 8.74. The van der Waals surface area contributed by atoms with Crippen LogP contribution >= 0.6 is 0 Å². The van der Waals surface area contributed by atoms with Gasteiger partial charge in [-0.1, -0.05) is 6.07 Å². The fraction of sp³-hybridized carbons (Fsp3) is 0.200. The maximum Gasteiger partial charge on any atom is 0.144 e. The Bertz CT molecular complexity index is 423. The van der Waals surface area contributed by atoms with E-state index in [-0.39, 0.29) is 0 Å². The van der Waals surface area contributed by atoms with Crippen molar-refractivity contribution in [2.24, 2.45) is 0 Å². The minimum atomic E-state index is 0.801. The highest BCUT2D eigenvalue weighted by Crippen LogP contribution is 2.22. The van der Waals surface area contributed by atoms with Gasteiger partial charge in [-0.2, -0.15) is 5.10 Å². The summed E-state index contributed by atoms with van der Waals surface area (Å²) in [4.78, 5) is 3.89. The predicted molar refractivity (Wildman–Crippen MR) is 52.6 cm³/mol. The average molecular weight is 189 g/mol. The molecular formula is C10H11N3O. The second-order valence-electron chi connectivity index (χ2n) is 3.02. The fourth-order valence-corrected chi connectivity index (χ4v) is 1.31. The lowest BCUT2D eigenvalue weighted by atomic mass is 10.2. The molecule has 1 heterocycles. The van der Waals surface area contributed by atoms with E-state index in [4.69, 9.17) is 4.74 Å². The molecule has 0 aliphatic rings. The van der Waals surface area contributed by atoms with Crippen LogP contribution in [0.25, 0.3) is 5.69 Å². The molecule has 0 amide bonds. The zero-order valence-electron chi connectivity index (χ0n) is 8.14. The highest BCUT2D eigenvalue weighted by Gasteiger charge is 2.04. The highest BCUT2D eigenvalue weighted by atomic mass is 16.5. The normalized spacial score (nSPS) is 10.1. The zero-order valence-corrected chi connectivity index (χ0v) is 8.14. The Kier molecular flexibility index (Phi) is 2.18. The molecule has 0 N–H and O–H groups in total. The number of hydrogen-bond acceptors (Lipinski definition) is 3. The lowest BCUT2D eigenvalue weighted by Crippen LogP contribution is -1.98. The molecule has 0 atom stereocenters. The van der Waals surface area contributed by atoms with Crippen molar-refractivity contribution in [3.63, 3.8) is 0 Å². The Hall–Kier alpha value is -1.84. The highest BCUT2D eigenvalue weighted by molar-refractivity contribution is 5.47. The summed E-state index contributed by atoms with van der Waals surface area (Å²) in [6, 6.07) is 5.94. The van der Waals surface area contributed by atoms with Gasteiger partial charge >= 0.3 is 0 Å². The van der Waals surface area contributed by atoms with E-state index in [1.54, 1.807) is 18.1 Å². The lowest BCUT2D eigenvalue weighted by Gasteiger charge is -2.08. The van der Waals surface area contributed by atoms with Crippen molar-refractivity contribution in [3.8, 4) is 11.4 Å². The van der Waals surface area contributed by atoms with Gasteiger partial charge in [0.2, 0.25) is 0 Å². The van der Waals surface area contributed by atoms with Gasteiger partial charge in [0.15, 0.2) is 0 Å². The summed E-state index contributed by atoms with van der Waals surface area (Å²) in [5.74, 6) is 0.801. The second-order valence-corrected chi connectivity index (χ2v) is 3.02. The van der Waals surface area contributed by atoms with Gasteiger partial charge in [-0.25, -0.2) is 9.67 Å². The third kappa shape index (κ3) is 1.46. The number of hydrogen-bond donors (Lipinski definition) is 0. The summed E-state index contributed by atoms with van der Waals surface area (Å²) >= 11 is 0. The Morgan fingerprint density at radius 1 is 1.36 bits per heavy atom.